The molecule has 0 aromatic rings. The fourth-order valence-electron chi connectivity index (χ4n) is 0.388. The Kier molecular flexibility index (Phi) is 6.52. The van der Waals surface area contributed by atoms with Gasteiger partial charge >= 0.3 is 0 Å². The molecule has 0 aliphatic rings. The molecule has 0 aliphatic carbocycles. The average Bonchev–Trinajstić information content (AvgIpc) is 1.66. The predicted molar refractivity (Wildman–Crippen MR) is 41.0 cm³/mol. The summed E-state index contributed by atoms with van der Waals surface area (Å²) >= 11 is 11.0. The fourth-order valence-corrected chi connectivity index (χ4v) is 1.82. The standard InChI is InChI=1S/C5H10Cl2Si/c1-2-3-4-8-5(6)7/h5H,2-4H2,1H3. The van der Waals surface area contributed by atoms with Crippen LogP contribution in [0.1, 0.15) is 19.8 Å². The van der Waals surface area contributed by atoms with Crippen molar-refractivity contribution in [1.29, 1.82) is 0 Å². The molecule has 0 saturated carbocycles. The normalized spacial score (nSPS) is 10.5. The van der Waals surface area contributed by atoms with Crippen molar-refractivity contribution >= 4 is 32.7 Å². The van der Waals surface area contributed by atoms with Crippen LogP contribution in [0.25, 0.3) is 0 Å². The number of halogens is 2. The van der Waals surface area contributed by atoms with E-state index in [9.17, 15) is 0 Å². The van der Waals surface area contributed by atoms with Crippen LogP contribution >= 0.6 is 23.2 Å². The molecule has 0 aromatic heterocycles. The lowest BCUT2D eigenvalue weighted by molar-refractivity contribution is 0.879. The Morgan fingerprint density at radius 2 is 2.12 bits per heavy atom. The van der Waals surface area contributed by atoms with Crippen LogP contribution in [-0.4, -0.2) is 14.0 Å². The third-order valence-corrected chi connectivity index (χ3v) is 2.71. The van der Waals surface area contributed by atoms with E-state index in [0.29, 0.717) is 0 Å². The minimum Gasteiger partial charge on any atom is -0.110 e. The Bertz CT molecular complexity index is 47.7. The molecule has 2 radical (unpaired) electrons. The van der Waals surface area contributed by atoms with Crippen molar-refractivity contribution in [1.82, 2.24) is 0 Å². The third-order valence-electron chi connectivity index (χ3n) is 0.829. The molecule has 0 amide bonds. The predicted octanol–water partition coefficient (Wildman–Crippen LogP) is 2.67. The lowest BCUT2D eigenvalue weighted by Gasteiger charge is -1.95. The van der Waals surface area contributed by atoms with Crippen LogP contribution in [-0.2, 0) is 0 Å². The summed E-state index contributed by atoms with van der Waals surface area (Å²) in [6.45, 7) is 2.17. The highest BCUT2D eigenvalue weighted by molar-refractivity contribution is 6.68. The lowest BCUT2D eigenvalue weighted by Crippen LogP contribution is -1.99. The quantitative estimate of drug-likeness (QED) is 0.345. The zero-order chi connectivity index (χ0) is 6.41. The van der Waals surface area contributed by atoms with Crippen LogP contribution in [0, 0.1) is 0 Å². The molecule has 8 heavy (non-hydrogen) atoms. The Hall–Kier alpha value is 0.797. The second-order valence-electron chi connectivity index (χ2n) is 1.61. The first-order chi connectivity index (χ1) is 3.77. The van der Waals surface area contributed by atoms with E-state index in [1.807, 2.05) is 0 Å². The molecule has 0 aromatic carbocycles. The summed E-state index contributed by atoms with van der Waals surface area (Å²) in [7, 11) is 0.726. The molecular formula is C5H10Cl2Si. The van der Waals surface area contributed by atoms with Gasteiger partial charge < -0.3 is 0 Å². The Balaban J connectivity index is 2.72. The van der Waals surface area contributed by atoms with Gasteiger partial charge in [0.25, 0.3) is 0 Å². The topological polar surface area (TPSA) is 0 Å². The maximum Gasteiger partial charge on any atom is 0.0929 e. The highest BCUT2D eigenvalue weighted by Crippen LogP contribution is 2.03. The van der Waals surface area contributed by atoms with Crippen LogP contribution in [0.2, 0.25) is 6.04 Å². The van der Waals surface area contributed by atoms with E-state index >= 15 is 0 Å². The van der Waals surface area contributed by atoms with Crippen molar-refractivity contribution in [2.75, 3.05) is 0 Å². The van der Waals surface area contributed by atoms with E-state index in [-0.39, 0.29) is 4.46 Å². The molecule has 48 valence electrons. The summed E-state index contributed by atoms with van der Waals surface area (Å²) in [6.07, 6.45) is 2.50. The van der Waals surface area contributed by atoms with E-state index in [0.717, 1.165) is 9.52 Å². The van der Waals surface area contributed by atoms with Gasteiger partial charge in [-0.3, -0.25) is 0 Å². The number of hydrogen-bond acceptors (Lipinski definition) is 0. The maximum atomic E-state index is 5.49. The van der Waals surface area contributed by atoms with Crippen LogP contribution in [0.3, 0.4) is 0 Å². The van der Waals surface area contributed by atoms with Crippen molar-refractivity contribution in [2.24, 2.45) is 0 Å². The van der Waals surface area contributed by atoms with Gasteiger partial charge in [0.15, 0.2) is 0 Å². The van der Waals surface area contributed by atoms with Gasteiger partial charge in [-0.05, 0) is 0 Å². The number of rotatable bonds is 4. The van der Waals surface area contributed by atoms with Gasteiger partial charge in [0.2, 0.25) is 0 Å². The molecule has 0 nitrogen and oxygen atoms in total. The molecule has 0 heterocycles. The van der Waals surface area contributed by atoms with Gasteiger partial charge in [0, 0.05) is 0 Å². The van der Waals surface area contributed by atoms with Crippen molar-refractivity contribution < 1.29 is 0 Å². The minimum absolute atomic E-state index is 0.124. The molecule has 0 unspecified atom stereocenters. The Labute approximate surface area is 63.4 Å². The third kappa shape index (κ3) is 6.80. The first kappa shape index (κ1) is 8.80. The number of unbranched alkanes of at least 4 members (excludes halogenated alkanes) is 1. The summed E-state index contributed by atoms with van der Waals surface area (Å²) in [6, 6.07) is 1.19. The molecule has 0 bridgehead atoms. The summed E-state index contributed by atoms with van der Waals surface area (Å²) in [5.41, 5.74) is 0. The zero-order valence-corrected chi connectivity index (χ0v) is 7.47. The van der Waals surface area contributed by atoms with Gasteiger partial charge in [-0.25, -0.2) is 0 Å². The van der Waals surface area contributed by atoms with Gasteiger partial charge in [0.1, 0.15) is 0 Å². The first-order valence-electron chi connectivity index (χ1n) is 2.79. The van der Waals surface area contributed by atoms with E-state index in [1.165, 1.54) is 18.9 Å². The second-order valence-corrected chi connectivity index (χ2v) is 4.92. The average molecular weight is 169 g/mol. The van der Waals surface area contributed by atoms with Crippen LogP contribution in [0.15, 0.2) is 0 Å². The van der Waals surface area contributed by atoms with Crippen LogP contribution in [0.5, 0.6) is 0 Å². The van der Waals surface area contributed by atoms with Gasteiger partial charge in [-0.15, -0.1) is 23.2 Å². The van der Waals surface area contributed by atoms with E-state index < -0.39 is 0 Å². The highest BCUT2D eigenvalue weighted by atomic mass is 35.5. The van der Waals surface area contributed by atoms with Crippen molar-refractivity contribution in [3.63, 3.8) is 0 Å². The monoisotopic (exact) mass is 168 g/mol. The summed E-state index contributed by atoms with van der Waals surface area (Å²) in [4.78, 5) is 0. The van der Waals surface area contributed by atoms with Gasteiger partial charge in [-0.2, -0.15) is 0 Å². The highest BCUT2D eigenvalue weighted by Gasteiger charge is 1.97. The van der Waals surface area contributed by atoms with Crippen molar-refractivity contribution in [2.45, 2.75) is 30.3 Å². The first-order valence-corrected chi connectivity index (χ1v) is 4.94. The molecular weight excluding hydrogens is 159 g/mol. The van der Waals surface area contributed by atoms with Crippen LogP contribution < -0.4 is 0 Å². The molecule has 0 N–H and O–H groups in total. The number of hydrogen-bond donors (Lipinski definition) is 0. The Morgan fingerprint density at radius 3 is 2.50 bits per heavy atom. The van der Waals surface area contributed by atoms with Crippen LogP contribution in [0.4, 0.5) is 0 Å². The smallest absolute Gasteiger partial charge is 0.0929 e. The number of alkyl halides is 2. The van der Waals surface area contributed by atoms with Gasteiger partial charge in [-0.1, -0.05) is 25.8 Å². The molecule has 0 spiro atoms. The minimum atomic E-state index is -0.124. The fraction of sp³-hybridized carbons (Fsp3) is 1.00. The van der Waals surface area contributed by atoms with E-state index in [1.54, 1.807) is 0 Å². The largest absolute Gasteiger partial charge is 0.110 e. The van der Waals surface area contributed by atoms with E-state index in [4.69, 9.17) is 23.2 Å². The summed E-state index contributed by atoms with van der Waals surface area (Å²) in [5, 5.41) is 0. The molecule has 0 fully saturated rings. The lowest BCUT2D eigenvalue weighted by atomic mass is 10.4. The van der Waals surface area contributed by atoms with E-state index in [2.05, 4.69) is 6.92 Å². The van der Waals surface area contributed by atoms with Gasteiger partial charge in [0.05, 0.1) is 14.0 Å². The Morgan fingerprint density at radius 1 is 1.50 bits per heavy atom. The molecule has 0 rings (SSSR count). The molecule has 0 saturated heterocycles. The molecule has 0 atom stereocenters. The zero-order valence-electron chi connectivity index (χ0n) is 4.95. The SMILES string of the molecule is CCCC[Si]C(Cl)Cl. The molecule has 3 heteroatoms. The van der Waals surface area contributed by atoms with Crippen molar-refractivity contribution in [3.8, 4) is 0 Å². The maximum absolute atomic E-state index is 5.49. The second kappa shape index (κ2) is 5.93. The summed E-state index contributed by atoms with van der Waals surface area (Å²) in [5.74, 6) is 0. The summed E-state index contributed by atoms with van der Waals surface area (Å²) < 4.78 is -0.124. The van der Waals surface area contributed by atoms with Crippen molar-refractivity contribution in [3.05, 3.63) is 0 Å². The molecule has 0 aliphatic heterocycles.